The second-order valence-corrected chi connectivity index (χ2v) is 9.36. The molecule has 1 saturated carbocycles. The van der Waals surface area contributed by atoms with Gasteiger partial charge >= 0.3 is 5.97 Å². The molecule has 1 saturated heterocycles. The van der Waals surface area contributed by atoms with E-state index in [1.807, 2.05) is 24.4 Å². The molecule has 1 aliphatic carbocycles. The van der Waals surface area contributed by atoms with Crippen LogP contribution in [-0.2, 0) is 11.4 Å². The van der Waals surface area contributed by atoms with Crippen LogP contribution in [0.4, 0.5) is 5.13 Å². The molecule has 0 amide bonds. The Kier molecular flexibility index (Phi) is 5.35. The van der Waals surface area contributed by atoms with Crippen molar-refractivity contribution < 1.29 is 19.4 Å². The van der Waals surface area contributed by atoms with Crippen molar-refractivity contribution in [3.8, 4) is 23.1 Å². The molecule has 2 unspecified atom stereocenters. The van der Waals surface area contributed by atoms with Crippen LogP contribution in [0.15, 0.2) is 41.8 Å². The van der Waals surface area contributed by atoms with Gasteiger partial charge in [-0.15, -0.1) is 11.3 Å². The van der Waals surface area contributed by atoms with E-state index in [1.54, 1.807) is 24.3 Å². The molecule has 1 aliphatic heterocycles. The van der Waals surface area contributed by atoms with Crippen LogP contribution >= 0.6 is 11.3 Å². The molecule has 0 bridgehead atoms. The maximum absolute atomic E-state index is 11.2. The summed E-state index contributed by atoms with van der Waals surface area (Å²) in [5, 5.41) is 21.4. The van der Waals surface area contributed by atoms with Gasteiger partial charge in [0.25, 0.3) is 0 Å². The number of piperidine rings is 1. The third-order valence-corrected chi connectivity index (χ3v) is 7.41. The highest BCUT2D eigenvalue weighted by molar-refractivity contribution is 7.14. The zero-order chi connectivity index (χ0) is 23.1. The van der Waals surface area contributed by atoms with Crippen LogP contribution < -0.4 is 9.64 Å². The fourth-order valence-corrected chi connectivity index (χ4v) is 5.46. The molecule has 5 rings (SSSR count). The Labute approximate surface area is 194 Å². The Morgan fingerprint density at radius 1 is 1.30 bits per heavy atom. The lowest BCUT2D eigenvalue weighted by Gasteiger charge is -2.17. The summed E-state index contributed by atoms with van der Waals surface area (Å²) in [7, 11) is 0. The van der Waals surface area contributed by atoms with Crippen LogP contribution in [0.1, 0.15) is 27.0 Å². The van der Waals surface area contributed by atoms with Crippen molar-refractivity contribution in [2.75, 3.05) is 18.0 Å². The van der Waals surface area contributed by atoms with E-state index in [1.165, 1.54) is 11.3 Å². The molecular formula is C25H21N3O4S. The number of benzene rings is 2. The fourth-order valence-electron chi connectivity index (χ4n) is 4.62. The van der Waals surface area contributed by atoms with Crippen LogP contribution in [0.25, 0.3) is 11.3 Å². The number of rotatable bonds is 7. The molecule has 0 radical (unpaired) electrons. The number of nitriles is 1. The van der Waals surface area contributed by atoms with E-state index in [0.717, 1.165) is 33.8 Å². The number of ether oxygens (including phenoxy) is 1. The molecule has 1 N–H and O–H groups in total. The number of thiazole rings is 1. The van der Waals surface area contributed by atoms with E-state index < -0.39 is 5.97 Å². The maximum Gasteiger partial charge on any atom is 0.307 e. The Balaban J connectivity index is 1.36. The zero-order valence-electron chi connectivity index (χ0n) is 17.9. The second kappa shape index (κ2) is 8.34. The fraction of sp³-hybridized carbons (Fsp3) is 0.280. The third-order valence-electron chi connectivity index (χ3n) is 6.51. The standard InChI is InChI=1S/C25H21N3O4S/c1-14-6-16(11-29)2-4-17(14)12-32-22-5-3-15(8-26)7-18(22)21-13-33-25(27-21)28-9-19-20(10-28)23(19)24(30)31/h2-7,11,13,19-20,23H,9-10,12H2,1H3,(H,30,31). The molecule has 33 heavy (non-hydrogen) atoms. The van der Waals surface area contributed by atoms with Crippen LogP contribution in [0.5, 0.6) is 5.75 Å². The summed E-state index contributed by atoms with van der Waals surface area (Å²) in [6.45, 7) is 3.69. The Morgan fingerprint density at radius 2 is 2.09 bits per heavy atom. The first-order chi connectivity index (χ1) is 16.0. The first-order valence-electron chi connectivity index (χ1n) is 10.6. The molecule has 3 aromatic rings. The van der Waals surface area contributed by atoms with Crippen molar-refractivity contribution in [3.05, 3.63) is 64.0 Å². The van der Waals surface area contributed by atoms with Crippen molar-refractivity contribution in [1.82, 2.24) is 4.98 Å². The number of hydrogen-bond acceptors (Lipinski definition) is 7. The number of aryl methyl sites for hydroxylation is 1. The topological polar surface area (TPSA) is 104 Å². The van der Waals surface area contributed by atoms with Gasteiger partial charge in [0, 0.05) is 29.6 Å². The van der Waals surface area contributed by atoms with Crippen molar-refractivity contribution in [2.45, 2.75) is 13.5 Å². The van der Waals surface area contributed by atoms with Gasteiger partial charge in [0.2, 0.25) is 0 Å². The van der Waals surface area contributed by atoms with E-state index in [4.69, 9.17) is 9.72 Å². The number of carbonyl (C=O) groups excluding carboxylic acids is 1. The number of carbonyl (C=O) groups is 2. The summed E-state index contributed by atoms with van der Waals surface area (Å²) in [5.41, 5.74) is 4.55. The number of nitrogens with zero attached hydrogens (tertiary/aromatic N) is 3. The van der Waals surface area contributed by atoms with Gasteiger partial charge in [-0.2, -0.15) is 5.26 Å². The van der Waals surface area contributed by atoms with Gasteiger partial charge in [0.15, 0.2) is 5.13 Å². The lowest BCUT2D eigenvalue weighted by atomic mass is 10.1. The highest BCUT2D eigenvalue weighted by Crippen LogP contribution is 2.53. The predicted molar refractivity (Wildman–Crippen MR) is 123 cm³/mol. The van der Waals surface area contributed by atoms with Gasteiger partial charge in [0.05, 0.1) is 23.2 Å². The highest BCUT2D eigenvalue weighted by atomic mass is 32.1. The van der Waals surface area contributed by atoms with E-state index in [2.05, 4.69) is 11.0 Å². The lowest BCUT2D eigenvalue weighted by molar-refractivity contribution is -0.139. The van der Waals surface area contributed by atoms with Crippen LogP contribution in [0, 0.1) is 36.0 Å². The number of carboxylic acids is 1. The Bertz CT molecular complexity index is 1280. The molecule has 8 heteroatoms. The number of aromatic nitrogens is 1. The minimum Gasteiger partial charge on any atom is -0.488 e. The summed E-state index contributed by atoms with van der Waals surface area (Å²) < 4.78 is 6.12. The molecule has 1 aromatic heterocycles. The monoisotopic (exact) mass is 459 g/mol. The van der Waals surface area contributed by atoms with Crippen molar-refractivity contribution in [3.63, 3.8) is 0 Å². The molecule has 166 valence electrons. The van der Waals surface area contributed by atoms with Crippen molar-refractivity contribution in [2.24, 2.45) is 17.8 Å². The summed E-state index contributed by atoms with van der Waals surface area (Å²) in [4.78, 5) is 29.2. The normalized spacial score (nSPS) is 20.7. The predicted octanol–water partition coefficient (Wildman–Crippen LogP) is 4.15. The quantitative estimate of drug-likeness (QED) is 0.529. The average Bonchev–Trinajstić information content (AvgIpc) is 3.16. The largest absolute Gasteiger partial charge is 0.488 e. The number of fused-ring (bicyclic) bond motifs is 1. The number of anilines is 1. The summed E-state index contributed by atoms with van der Waals surface area (Å²) in [6, 6.07) is 12.9. The van der Waals surface area contributed by atoms with Gasteiger partial charge in [-0.1, -0.05) is 12.1 Å². The van der Waals surface area contributed by atoms with Gasteiger partial charge in [-0.25, -0.2) is 4.98 Å². The molecule has 2 fully saturated rings. The van der Waals surface area contributed by atoms with Gasteiger partial charge in [0.1, 0.15) is 18.6 Å². The third kappa shape index (κ3) is 3.96. The zero-order valence-corrected chi connectivity index (χ0v) is 18.7. The van der Waals surface area contributed by atoms with E-state index in [-0.39, 0.29) is 17.8 Å². The number of aldehydes is 1. The van der Waals surface area contributed by atoms with Gasteiger partial charge < -0.3 is 14.7 Å². The number of hydrogen-bond donors (Lipinski definition) is 1. The van der Waals surface area contributed by atoms with E-state index in [9.17, 15) is 20.0 Å². The van der Waals surface area contributed by atoms with Crippen LogP contribution in [-0.4, -0.2) is 35.4 Å². The summed E-state index contributed by atoms with van der Waals surface area (Å²) >= 11 is 1.51. The minimum atomic E-state index is -0.698. The van der Waals surface area contributed by atoms with E-state index in [0.29, 0.717) is 36.6 Å². The second-order valence-electron chi connectivity index (χ2n) is 8.53. The SMILES string of the molecule is Cc1cc(C=O)ccc1COc1ccc(C#N)cc1-c1csc(N2CC3C(C2)C3C(=O)O)n1. The maximum atomic E-state index is 11.2. The Morgan fingerprint density at radius 3 is 2.76 bits per heavy atom. The molecule has 2 aromatic carbocycles. The molecule has 2 heterocycles. The highest BCUT2D eigenvalue weighted by Gasteiger charge is 2.60. The Hall–Kier alpha value is -3.70. The number of carboxylic acid groups (broad SMARTS) is 1. The molecule has 7 nitrogen and oxygen atoms in total. The smallest absolute Gasteiger partial charge is 0.307 e. The summed E-state index contributed by atoms with van der Waals surface area (Å²) in [6.07, 6.45) is 0.821. The first kappa shape index (κ1) is 21.2. The van der Waals surface area contributed by atoms with Gasteiger partial charge in [-0.05, 0) is 54.2 Å². The lowest BCUT2D eigenvalue weighted by Crippen LogP contribution is -2.25. The average molecular weight is 460 g/mol. The molecule has 2 atom stereocenters. The molecule has 0 spiro atoms. The van der Waals surface area contributed by atoms with Crippen molar-refractivity contribution in [1.29, 1.82) is 5.26 Å². The van der Waals surface area contributed by atoms with Crippen molar-refractivity contribution >= 4 is 28.7 Å². The first-order valence-corrected chi connectivity index (χ1v) is 11.5. The minimum absolute atomic E-state index is 0.211. The molecular weight excluding hydrogens is 438 g/mol. The number of aliphatic carboxylic acids is 1. The molecule has 2 aliphatic rings. The van der Waals surface area contributed by atoms with Crippen LogP contribution in [0.2, 0.25) is 0 Å². The summed E-state index contributed by atoms with van der Waals surface area (Å²) in [5.74, 6) is 0.140. The van der Waals surface area contributed by atoms with Gasteiger partial charge in [-0.3, -0.25) is 9.59 Å². The van der Waals surface area contributed by atoms with E-state index >= 15 is 0 Å². The van der Waals surface area contributed by atoms with Crippen LogP contribution in [0.3, 0.4) is 0 Å².